The summed E-state index contributed by atoms with van der Waals surface area (Å²) in [6.45, 7) is 2.27. The van der Waals surface area contributed by atoms with E-state index >= 15 is 0 Å². The van der Waals surface area contributed by atoms with Gasteiger partial charge in [-0.3, -0.25) is 4.79 Å². The fourth-order valence-corrected chi connectivity index (χ4v) is 6.77. The Labute approximate surface area is 258 Å². The number of nitrogens with one attached hydrogen (secondary N) is 1. The van der Waals surface area contributed by atoms with E-state index in [0.29, 0.717) is 53.5 Å². The summed E-state index contributed by atoms with van der Waals surface area (Å²) in [5.41, 5.74) is 5.44. The third-order valence-corrected chi connectivity index (χ3v) is 8.97. The van der Waals surface area contributed by atoms with Crippen LogP contribution in [0.25, 0.3) is 0 Å². The van der Waals surface area contributed by atoms with Crippen LogP contribution < -0.4 is 19.5 Å². The van der Waals surface area contributed by atoms with Crippen molar-refractivity contribution in [3.05, 3.63) is 112 Å². The Morgan fingerprint density at radius 2 is 1.59 bits per heavy atom. The van der Waals surface area contributed by atoms with Crippen LogP contribution in [0.5, 0.6) is 17.2 Å². The van der Waals surface area contributed by atoms with Crippen LogP contribution >= 0.6 is 0 Å². The molecule has 1 N–H and O–H groups in total. The fourth-order valence-electron chi connectivity index (χ4n) is 6.77. The molecular weight excluding hydrogens is 554 g/mol. The first-order valence-corrected chi connectivity index (χ1v) is 15.4. The molecule has 6 rings (SSSR count). The lowest BCUT2D eigenvalue weighted by molar-refractivity contribution is -0.144. The molecule has 1 aliphatic heterocycles. The quantitative estimate of drug-likeness (QED) is 0.264. The zero-order valence-electron chi connectivity index (χ0n) is 25.6. The van der Waals surface area contributed by atoms with Gasteiger partial charge in [0.2, 0.25) is 0 Å². The number of allylic oxidation sites excluding steroid dienone is 3. The van der Waals surface area contributed by atoms with E-state index in [-0.39, 0.29) is 23.8 Å². The van der Waals surface area contributed by atoms with Crippen molar-refractivity contribution >= 4 is 11.8 Å². The molecule has 0 bridgehead atoms. The van der Waals surface area contributed by atoms with Crippen LogP contribution in [0, 0.1) is 0 Å². The molecule has 0 radical (unpaired) electrons. The van der Waals surface area contributed by atoms with Crippen LogP contribution in [0.4, 0.5) is 0 Å². The van der Waals surface area contributed by atoms with Gasteiger partial charge in [0, 0.05) is 29.0 Å². The van der Waals surface area contributed by atoms with E-state index in [1.807, 2.05) is 79.7 Å². The Balaban J connectivity index is 1.39. The van der Waals surface area contributed by atoms with Gasteiger partial charge in [-0.1, -0.05) is 54.6 Å². The molecule has 3 aromatic carbocycles. The first-order chi connectivity index (χ1) is 21.5. The summed E-state index contributed by atoms with van der Waals surface area (Å²) in [6.07, 6.45) is 4.67. The maximum Gasteiger partial charge on any atom is 0.337 e. The molecule has 1 saturated carbocycles. The Hall–Kier alpha value is -4.52. The Morgan fingerprint density at radius 3 is 2.34 bits per heavy atom. The molecule has 1 heterocycles. The molecule has 228 valence electrons. The molecule has 44 heavy (non-hydrogen) atoms. The Kier molecular flexibility index (Phi) is 8.73. The van der Waals surface area contributed by atoms with Gasteiger partial charge in [0.15, 0.2) is 17.3 Å². The summed E-state index contributed by atoms with van der Waals surface area (Å²) < 4.78 is 23.4. The highest BCUT2D eigenvalue weighted by Gasteiger charge is 2.43. The minimum absolute atomic E-state index is 0.0000590. The Bertz CT molecular complexity index is 1600. The van der Waals surface area contributed by atoms with Gasteiger partial charge in [-0.25, -0.2) is 4.79 Å². The van der Waals surface area contributed by atoms with Gasteiger partial charge in [0.05, 0.1) is 25.7 Å². The van der Waals surface area contributed by atoms with Crippen LogP contribution in [-0.2, 0) is 20.9 Å². The molecule has 3 aromatic rings. The molecule has 3 aliphatic rings. The van der Waals surface area contributed by atoms with Gasteiger partial charge in [-0.2, -0.15) is 0 Å². The zero-order valence-corrected chi connectivity index (χ0v) is 25.6. The number of methoxy groups -OCH3 is 2. The van der Waals surface area contributed by atoms with E-state index in [1.165, 1.54) is 0 Å². The van der Waals surface area contributed by atoms with Crippen molar-refractivity contribution in [2.24, 2.45) is 0 Å². The summed E-state index contributed by atoms with van der Waals surface area (Å²) in [6, 6.07) is 23.5. The number of carbonyl (C=O) groups excluding carboxylic acids is 2. The lowest BCUT2D eigenvalue weighted by Crippen LogP contribution is -2.36. The molecule has 0 saturated heterocycles. The molecule has 7 heteroatoms. The predicted molar refractivity (Wildman–Crippen MR) is 168 cm³/mol. The van der Waals surface area contributed by atoms with Gasteiger partial charge in [0.25, 0.3) is 0 Å². The molecule has 7 nitrogen and oxygen atoms in total. The topological polar surface area (TPSA) is 83.1 Å². The number of ketones is 1. The number of rotatable bonds is 9. The monoisotopic (exact) mass is 593 g/mol. The summed E-state index contributed by atoms with van der Waals surface area (Å²) in [5, 5.41) is 3.47. The zero-order chi connectivity index (χ0) is 30.6. The molecule has 0 unspecified atom stereocenters. The average Bonchev–Trinajstić information content (AvgIpc) is 3.56. The van der Waals surface area contributed by atoms with Crippen LogP contribution in [-0.4, -0.2) is 32.1 Å². The van der Waals surface area contributed by atoms with Gasteiger partial charge in [-0.15, -0.1) is 0 Å². The first kappa shape index (κ1) is 29.5. The predicted octanol–water partition coefficient (Wildman–Crippen LogP) is 7.13. The summed E-state index contributed by atoms with van der Waals surface area (Å²) in [5.74, 6) is 0.884. The summed E-state index contributed by atoms with van der Waals surface area (Å²) in [7, 11) is 3.22. The van der Waals surface area contributed by atoms with E-state index in [2.05, 4.69) is 5.32 Å². The summed E-state index contributed by atoms with van der Waals surface area (Å²) in [4.78, 5) is 28.1. The number of ether oxygens (including phenoxy) is 4. The minimum Gasteiger partial charge on any atom is -0.493 e. The lowest BCUT2D eigenvalue weighted by Gasteiger charge is -2.37. The van der Waals surface area contributed by atoms with Crippen LogP contribution in [0.15, 0.2) is 95.3 Å². The van der Waals surface area contributed by atoms with Crippen molar-refractivity contribution < 1.29 is 28.5 Å². The van der Waals surface area contributed by atoms with Crippen LogP contribution in [0.2, 0.25) is 0 Å². The van der Waals surface area contributed by atoms with Crippen LogP contribution in [0.3, 0.4) is 0 Å². The van der Waals surface area contributed by atoms with E-state index in [4.69, 9.17) is 18.9 Å². The third-order valence-electron chi connectivity index (χ3n) is 8.97. The second-order valence-electron chi connectivity index (χ2n) is 11.8. The number of esters is 1. The fraction of sp³-hybridized carbons (Fsp3) is 0.351. The second-order valence-corrected chi connectivity index (χ2v) is 11.8. The molecular formula is C37H39NO6. The summed E-state index contributed by atoms with van der Waals surface area (Å²) >= 11 is 0. The minimum atomic E-state index is -0.606. The van der Waals surface area contributed by atoms with Crippen molar-refractivity contribution in [2.45, 2.75) is 70.0 Å². The number of hydrogen-bond donors (Lipinski definition) is 1. The molecule has 0 spiro atoms. The van der Waals surface area contributed by atoms with Crippen LogP contribution in [0.1, 0.15) is 74.0 Å². The lowest BCUT2D eigenvalue weighted by atomic mass is 9.71. The van der Waals surface area contributed by atoms with E-state index < -0.39 is 5.92 Å². The van der Waals surface area contributed by atoms with Crippen molar-refractivity contribution in [3.8, 4) is 17.2 Å². The number of dihydropyridines is 1. The molecule has 2 aliphatic carbocycles. The molecule has 1 fully saturated rings. The van der Waals surface area contributed by atoms with E-state index in [0.717, 1.165) is 48.1 Å². The smallest absolute Gasteiger partial charge is 0.337 e. The highest BCUT2D eigenvalue weighted by Crippen LogP contribution is 2.48. The van der Waals surface area contributed by atoms with Gasteiger partial charge in [-0.05, 0) is 74.3 Å². The Morgan fingerprint density at radius 1 is 0.864 bits per heavy atom. The number of hydrogen-bond acceptors (Lipinski definition) is 7. The number of Topliss-reactive ketones (excluding diaryl/α,β-unsaturated/α-hetero) is 1. The second kappa shape index (κ2) is 13.0. The number of benzene rings is 3. The van der Waals surface area contributed by atoms with Gasteiger partial charge >= 0.3 is 5.97 Å². The SMILES string of the molecule is COc1ccc([C@H]2CC(=O)C3=C(C2)NC(C)=C(C(=O)OC2CCCC2)[C@@H]3c2ccccc2OCc2ccccc2)cc1OC. The number of para-hydroxylation sites is 1. The maximum absolute atomic E-state index is 14.2. The first-order valence-electron chi connectivity index (χ1n) is 15.4. The largest absolute Gasteiger partial charge is 0.493 e. The van der Waals surface area contributed by atoms with Crippen molar-refractivity contribution in [1.29, 1.82) is 0 Å². The highest BCUT2D eigenvalue weighted by atomic mass is 16.5. The van der Waals surface area contributed by atoms with Crippen molar-refractivity contribution in [2.75, 3.05) is 14.2 Å². The molecule has 0 amide bonds. The normalized spacial score (nSPS) is 20.2. The van der Waals surface area contributed by atoms with Crippen molar-refractivity contribution in [1.82, 2.24) is 5.32 Å². The average molecular weight is 594 g/mol. The number of carbonyl (C=O) groups is 2. The maximum atomic E-state index is 14.2. The van der Waals surface area contributed by atoms with E-state index in [1.54, 1.807) is 14.2 Å². The van der Waals surface area contributed by atoms with E-state index in [9.17, 15) is 9.59 Å². The standard InChI is InChI=1S/C37H39NO6/c1-23-34(37(40)44-27-13-7-8-14-27)35(28-15-9-10-16-31(28)43-22-24-11-5-4-6-12-24)36-29(38-23)19-26(20-30(36)39)25-17-18-32(41-2)33(21-25)42-3/h4-6,9-12,15-18,21,26-27,35,38H,7-8,13-14,19-20,22H2,1-3H3/t26-,35+/m1/s1. The van der Waals surface area contributed by atoms with Gasteiger partial charge in [0.1, 0.15) is 18.5 Å². The highest BCUT2D eigenvalue weighted by molar-refractivity contribution is 6.04. The van der Waals surface area contributed by atoms with Gasteiger partial charge < -0.3 is 24.3 Å². The molecule has 0 aromatic heterocycles. The molecule has 2 atom stereocenters. The third kappa shape index (κ3) is 5.96. The van der Waals surface area contributed by atoms with Crippen molar-refractivity contribution in [3.63, 3.8) is 0 Å².